The molecule has 0 heterocycles. The molecule has 0 aliphatic heterocycles. The fraction of sp³-hybridized carbons (Fsp3) is 0.929. The molecule has 0 aromatic rings. The largest absolute Gasteiger partial charge is 0.481 e. The van der Waals surface area contributed by atoms with E-state index in [9.17, 15) is 9.90 Å². The minimum absolute atomic E-state index is 0.439. The Morgan fingerprint density at radius 3 is 1.25 bits per heavy atom. The molecule has 0 aliphatic rings. The molecule has 1 N–H and O–H groups in total. The number of hydrogen-bond donors (Lipinski definition) is 1. The highest BCUT2D eigenvalue weighted by atomic mass is 16.4. The summed E-state index contributed by atoms with van der Waals surface area (Å²) >= 11 is 0. The van der Waals surface area contributed by atoms with Crippen LogP contribution in [0.1, 0.15) is 60.8 Å². The standard InChI is InChI=1S/C14H28O2/c1-10(2)7-14(13(15)16,8-11(3)4)9-12(5)6/h10-12H,7-9H2,1-6H3,(H,15,16). The van der Waals surface area contributed by atoms with Crippen LogP contribution in [0.25, 0.3) is 0 Å². The van der Waals surface area contributed by atoms with E-state index in [-0.39, 0.29) is 0 Å². The van der Waals surface area contributed by atoms with Gasteiger partial charge in [0, 0.05) is 0 Å². The minimum Gasteiger partial charge on any atom is -0.481 e. The van der Waals surface area contributed by atoms with E-state index in [2.05, 4.69) is 41.5 Å². The molecule has 0 aliphatic carbocycles. The molecule has 0 aromatic carbocycles. The molecule has 2 nitrogen and oxygen atoms in total. The maximum atomic E-state index is 11.6. The molecule has 0 spiro atoms. The third-order valence-corrected chi connectivity index (χ3v) is 2.85. The zero-order valence-electron chi connectivity index (χ0n) is 11.7. The molecule has 0 atom stereocenters. The maximum Gasteiger partial charge on any atom is 0.309 e. The Morgan fingerprint density at radius 2 is 1.12 bits per heavy atom. The van der Waals surface area contributed by atoms with Crippen molar-refractivity contribution >= 4 is 5.97 Å². The van der Waals surface area contributed by atoms with E-state index in [0.29, 0.717) is 17.8 Å². The zero-order valence-corrected chi connectivity index (χ0v) is 11.7. The summed E-state index contributed by atoms with van der Waals surface area (Å²) in [5, 5.41) is 9.57. The molecule has 0 aromatic heterocycles. The summed E-state index contributed by atoms with van der Waals surface area (Å²) in [5.74, 6) is 0.708. The highest BCUT2D eigenvalue weighted by Crippen LogP contribution is 2.39. The maximum absolute atomic E-state index is 11.6. The predicted octanol–water partition coefficient (Wildman–Crippen LogP) is 4.20. The fourth-order valence-electron chi connectivity index (χ4n) is 2.86. The molecule has 0 unspecified atom stereocenters. The van der Waals surface area contributed by atoms with E-state index in [0.717, 1.165) is 19.3 Å². The third kappa shape index (κ3) is 5.00. The van der Waals surface area contributed by atoms with Crippen molar-refractivity contribution in [3.8, 4) is 0 Å². The van der Waals surface area contributed by atoms with Crippen LogP contribution in [0.4, 0.5) is 0 Å². The lowest BCUT2D eigenvalue weighted by Crippen LogP contribution is -2.35. The topological polar surface area (TPSA) is 37.3 Å². The highest BCUT2D eigenvalue weighted by Gasteiger charge is 2.39. The van der Waals surface area contributed by atoms with Crippen LogP contribution < -0.4 is 0 Å². The van der Waals surface area contributed by atoms with Gasteiger partial charge in [0.2, 0.25) is 0 Å². The molecule has 0 fully saturated rings. The molecule has 96 valence electrons. The van der Waals surface area contributed by atoms with Crippen LogP contribution in [0.3, 0.4) is 0 Å². The predicted molar refractivity (Wildman–Crippen MR) is 68.4 cm³/mol. The van der Waals surface area contributed by atoms with E-state index in [4.69, 9.17) is 0 Å². The number of carboxylic acid groups (broad SMARTS) is 1. The Hall–Kier alpha value is -0.530. The normalized spacial score (nSPS) is 12.8. The van der Waals surface area contributed by atoms with Crippen molar-refractivity contribution in [1.29, 1.82) is 0 Å². The van der Waals surface area contributed by atoms with E-state index < -0.39 is 11.4 Å². The van der Waals surface area contributed by atoms with Gasteiger partial charge in [0.25, 0.3) is 0 Å². The monoisotopic (exact) mass is 228 g/mol. The Bertz CT molecular complexity index is 190. The van der Waals surface area contributed by atoms with Crippen molar-refractivity contribution in [1.82, 2.24) is 0 Å². The Morgan fingerprint density at radius 1 is 0.875 bits per heavy atom. The van der Waals surface area contributed by atoms with Crippen molar-refractivity contribution < 1.29 is 9.90 Å². The quantitative estimate of drug-likeness (QED) is 0.709. The SMILES string of the molecule is CC(C)CC(CC(C)C)(CC(C)C)C(=O)O. The second-order valence-electron chi connectivity index (χ2n) is 6.38. The highest BCUT2D eigenvalue weighted by molar-refractivity contribution is 5.74. The summed E-state index contributed by atoms with van der Waals surface area (Å²) in [7, 11) is 0. The number of rotatable bonds is 7. The summed E-state index contributed by atoms with van der Waals surface area (Å²) in [4.78, 5) is 11.6. The van der Waals surface area contributed by atoms with Gasteiger partial charge in [-0.2, -0.15) is 0 Å². The van der Waals surface area contributed by atoms with E-state index >= 15 is 0 Å². The fourth-order valence-corrected chi connectivity index (χ4v) is 2.86. The number of hydrogen-bond acceptors (Lipinski definition) is 1. The average molecular weight is 228 g/mol. The molecular weight excluding hydrogens is 200 g/mol. The third-order valence-electron chi connectivity index (χ3n) is 2.85. The van der Waals surface area contributed by atoms with Gasteiger partial charge in [-0.05, 0) is 37.0 Å². The minimum atomic E-state index is -0.608. The number of aliphatic carboxylic acids is 1. The van der Waals surface area contributed by atoms with Crippen LogP contribution in [0.15, 0.2) is 0 Å². The van der Waals surface area contributed by atoms with Crippen LogP contribution in [-0.2, 0) is 4.79 Å². The molecule has 0 bridgehead atoms. The van der Waals surface area contributed by atoms with Crippen molar-refractivity contribution in [2.75, 3.05) is 0 Å². The van der Waals surface area contributed by atoms with Crippen molar-refractivity contribution in [3.05, 3.63) is 0 Å². The van der Waals surface area contributed by atoms with Gasteiger partial charge in [0.05, 0.1) is 5.41 Å². The molecule has 0 saturated heterocycles. The first-order valence-corrected chi connectivity index (χ1v) is 6.43. The van der Waals surface area contributed by atoms with Crippen LogP contribution >= 0.6 is 0 Å². The van der Waals surface area contributed by atoms with Gasteiger partial charge < -0.3 is 5.11 Å². The molecule has 2 heteroatoms. The van der Waals surface area contributed by atoms with Crippen molar-refractivity contribution in [3.63, 3.8) is 0 Å². The molecular formula is C14H28O2. The summed E-state index contributed by atoms with van der Waals surface area (Å²) in [6.45, 7) is 12.7. The molecule has 0 rings (SSSR count). The lowest BCUT2D eigenvalue weighted by Gasteiger charge is -2.34. The summed E-state index contributed by atoms with van der Waals surface area (Å²) in [6.07, 6.45) is 2.37. The zero-order chi connectivity index (χ0) is 12.9. The first-order chi connectivity index (χ1) is 7.19. The van der Waals surface area contributed by atoms with Crippen molar-refractivity contribution in [2.24, 2.45) is 23.2 Å². The van der Waals surface area contributed by atoms with Gasteiger partial charge in [-0.25, -0.2) is 0 Å². The smallest absolute Gasteiger partial charge is 0.309 e. The lowest BCUT2D eigenvalue weighted by molar-refractivity contribution is -0.152. The number of carbonyl (C=O) groups is 1. The van der Waals surface area contributed by atoms with Crippen LogP contribution in [-0.4, -0.2) is 11.1 Å². The summed E-state index contributed by atoms with van der Waals surface area (Å²) in [5.41, 5.74) is -0.517. The van der Waals surface area contributed by atoms with Gasteiger partial charge >= 0.3 is 5.97 Å². The van der Waals surface area contributed by atoms with Gasteiger partial charge in [-0.1, -0.05) is 41.5 Å². The molecule has 16 heavy (non-hydrogen) atoms. The van der Waals surface area contributed by atoms with Crippen LogP contribution in [0, 0.1) is 23.2 Å². The van der Waals surface area contributed by atoms with E-state index in [1.165, 1.54) is 0 Å². The van der Waals surface area contributed by atoms with E-state index in [1.54, 1.807) is 0 Å². The first kappa shape index (κ1) is 15.5. The molecule has 0 radical (unpaired) electrons. The van der Waals surface area contributed by atoms with Crippen LogP contribution in [0.5, 0.6) is 0 Å². The Balaban J connectivity index is 4.96. The number of carboxylic acids is 1. The molecule has 0 saturated carbocycles. The first-order valence-electron chi connectivity index (χ1n) is 6.43. The van der Waals surface area contributed by atoms with E-state index in [1.807, 2.05) is 0 Å². The van der Waals surface area contributed by atoms with Gasteiger partial charge in [0.1, 0.15) is 0 Å². The second kappa shape index (κ2) is 6.27. The lowest BCUT2D eigenvalue weighted by atomic mass is 9.69. The Labute approximate surface area is 100 Å². The second-order valence-corrected chi connectivity index (χ2v) is 6.38. The summed E-state index contributed by atoms with van der Waals surface area (Å²) in [6, 6.07) is 0. The Kier molecular flexibility index (Phi) is 6.06. The average Bonchev–Trinajstić information content (AvgIpc) is 1.98. The van der Waals surface area contributed by atoms with Crippen molar-refractivity contribution in [2.45, 2.75) is 60.8 Å². The van der Waals surface area contributed by atoms with Gasteiger partial charge in [0.15, 0.2) is 0 Å². The molecule has 0 amide bonds. The van der Waals surface area contributed by atoms with Gasteiger partial charge in [-0.3, -0.25) is 4.79 Å². The summed E-state index contributed by atoms with van der Waals surface area (Å²) < 4.78 is 0. The van der Waals surface area contributed by atoms with Gasteiger partial charge in [-0.15, -0.1) is 0 Å². The van der Waals surface area contributed by atoms with Crippen LogP contribution in [0.2, 0.25) is 0 Å².